The van der Waals surface area contributed by atoms with E-state index < -0.39 is 33.2 Å². The Hall–Kier alpha value is -1.62. The van der Waals surface area contributed by atoms with Crippen LogP contribution in [-0.2, 0) is 16.2 Å². The Labute approximate surface area is 181 Å². The molecular weight excluding hydrogens is 464 g/mol. The molecule has 0 spiro atoms. The van der Waals surface area contributed by atoms with Crippen molar-refractivity contribution in [1.29, 1.82) is 0 Å². The summed E-state index contributed by atoms with van der Waals surface area (Å²) in [5, 5.41) is 2.87. The third-order valence-electron chi connectivity index (χ3n) is 5.29. The van der Waals surface area contributed by atoms with E-state index in [2.05, 4.69) is 10.1 Å². The average Bonchev–Trinajstić information content (AvgIpc) is 3.32. The van der Waals surface area contributed by atoms with Gasteiger partial charge >= 0.3 is 6.18 Å². The normalized spacial score (nSPS) is 22.8. The topological polar surface area (TPSA) is 67.6 Å². The molecule has 2 aromatic rings. The average molecular weight is 481 g/mol. The van der Waals surface area contributed by atoms with Gasteiger partial charge in [0.2, 0.25) is 10.0 Å². The molecule has 6 nitrogen and oxygen atoms in total. The van der Waals surface area contributed by atoms with Crippen LogP contribution in [0, 0.1) is 0 Å². The maximum Gasteiger partial charge on any atom is 0.435 e. The van der Waals surface area contributed by atoms with Crippen molar-refractivity contribution in [3.63, 3.8) is 0 Å². The van der Waals surface area contributed by atoms with Gasteiger partial charge in [-0.3, -0.25) is 0 Å². The van der Waals surface area contributed by atoms with Crippen LogP contribution in [0.15, 0.2) is 29.3 Å². The van der Waals surface area contributed by atoms with Crippen LogP contribution in [0.2, 0.25) is 10.0 Å². The zero-order valence-corrected chi connectivity index (χ0v) is 18.0. The zero-order valence-electron chi connectivity index (χ0n) is 15.7. The fraction of sp³-hybridized carbons (Fsp3) is 0.444. The Balaban J connectivity index is 1.92. The van der Waals surface area contributed by atoms with E-state index in [-0.39, 0.29) is 21.6 Å². The lowest BCUT2D eigenvalue weighted by Gasteiger charge is -2.34. The minimum Gasteiger partial charge on any atom is -0.238 e. The van der Waals surface area contributed by atoms with Crippen molar-refractivity contribution >= 4 is 44.8 Å². The van der Waals surface area contributed by atoms with Crippen LogP contribution in [0.1, 0.15) is 37.1 Å². The maximum absolute atomic E-state index is 13.5. The minimum absolute atomic E-state index is 0.0660. The van der Waals surface area contributed by atoms with Crippen molar-refractivity contribution in [2.75, 3.05) is 13.1 Å². The van der Waals surface area contributed by atoms with Crippen molar-refractivity contribution in [3.8, 4) is 0 Å². The molecule has 2 unspecified atom stereocenters. The lowest BCUT2D eigenvalue weighted by Crippen LogP contribution is -2.47. The van der Waals surface area contributed by atoms with E-state index in [4.69, 9.17) is 23.2 Å². The molecule has 1 fully saturated rings. The summed E-state index contributed by atoms with van der Waals surface area (Å²) in [6.45, 7) is 2.23. The predicted molar refractivity (Wildman–Crippen MR) is 108 cm³/mol. The molecule has 162 valence electrons. The summed E-state index contributed by atoms with van der Waals surface area (Å²) >= 11 is 12.1. The van der Waals surface area contributed by atoms with E-state index >= 15 is 0 Å². The van der Waals surface area contributed by atoms with Gasteiger partial charge in [0.15, 0.2) is 11.5 Å². The Morgan fingerprint density at radius 3 is 2.37 bits per heavy atom. The third kappa shape index (κ3) is 3.63. The first kappa shape index (κ1) is 21.6. The van der Waals surface area contributed by atoms with Gasteiger partial charge in [-0.15, -0.1) is 0 Å². The van der Waals surface area contributed by atoms with Crippen LogP contribution >= 0.6 is 23.2 Å². The molecule has 0 N–H and O–H groups in total. The first-order valence-electron chi connectivity index (χ1n) is 9.16. The van der Waals surface area contributed by atoms with Gasteiger partial charge in [-0.25, -0.2) is 22.4 Å². The second-order valence-electron chi connectivity index (χ2n) is 7.27. The summed E-state index contributed by atoms with van der Waals surface area (Å²) in [7, 11) is -3.92. The van der Waals surface area contributed by atoms with Crippen molar-refractivity contribution in [1.82, 2.24) is 14.1 Å². The molecule has 0 aliphatic carbocycles. The number of halogens is 5. The number of hydrogen-bond donors (Lipinski definition) is 0. The van der Waals surface area contributed by atoms with Gasteiger partial charge in [-0.2, -0.15) is 18.3 Å². The maximum atomic E-state index is 13.5. The number of sulfonamides is 1. The van der Waals surface area contributed by atoms with Crippen molar-refractivity contribution < 1.29 is 21.6 Å². The third-order valence-corrected chi connectivity index (χ3v) is 8.36. The number of hydrogen-bond acceptors (Lipinski definition) is 4. The van der Waals surface area contributed by atoms with Crippen LogP contribution in [0.25, 0.3) is 0 Å². The van der Waals surface area contributed by atoms with Crippen molar-refractivity contribution in [2.24, 2.45) is 4.99 Å². The van der Waals surface area contributed by atoms with E-state index in [9.17, 15) is 21.6 Å². The molecule has 2 aliphatic heterocycles. The Morgan fingerprint density at radius 1 is 1.10 bits per heavy atom. The monoisotopic (exact) mass is 480 g/mol. The Kier molecular flexibility index (Phi) is 5.41. The number of benzene rings is 1. The molecule has 30 heavy (non-hydrogen) atoms. The number of nitrogens with zero attached hydrogens (tertiary/aromatic N) is 4. The summed E-state index contributed by atoms with van der Waals surface area (Å²) in [6, 6.07) is 4.22. The highest BCUT2D eigenvalue weighted by Crippen LogP contribution is 2.41. The van der Waals surface area contributed by atoms with E-state index in [0.717, 1.165) is 23.6 Å². The van der Waals surface area contributed by atoms with Crippen LogP contribution in [-0.4, -0.2) is 46.6 Å². The zero-order chi connectivity index (χ0) is 21.8. The molecule has 0 saturated carbocycles. The fourth-order valence-electron chi connectivity index (χ4n) is 3.91. The van der Waals surface area contributed by atoms with E-state index in [1.54, 1.807) is 6.07 Å². The quantitative estimate of drug-likeness (QED) is 0.639. The van der Waals surface area contributed by atoms with Gasteiger partial charge < -0.3 is 0 Å². The van der Waals surface area contributed by atoms with E-state index in [1.165, 1.54) is 23.4 Å². The molecule has 0 amide bonds. The molecule has 1 saturated heterocycles. The molecule has 12 heteroatoms. The number of rotatable bonds is 3. The molecule has 1 aromatic heterocycles. The van der Waals surface area contributed by atoms with Crippen LogP contribution < -0.4 is 0 Å². The van der Waals surface area contributed by atoms with Crippen LogP contribution in [0.3, 0.4) is 0 Å². The number of fused-ring (bicyclic) bond motifs is 1. The molecule has 2 aliphatic rings. The number of alkyl halides is 3. The minimum atomic E-state index is -4.70. The summed E-state index contributed by atoms with van der Waals surface area (Å²) < 4.78 is 69.2. The fourth-order valence-corrected chi connectivity index (χ4v) is 6.38. The molecular formula is C18H17Cl2F3N4O2S. The second-order valence-corrected chi connectivity index (χ2v) is 10.1. The van der Waals surface area contributed by atoms with Gasteiger partial charge in [-0.05, 0) is 37.5 Å². The molecule has 3 heterocycles. The highest BCUT2D eigenvalue weighted by Gasteiger charge is 2.47. The molecule has 0 bridgehead atoms. The first-order chi connectivity index (χ1) is 14.0. The SMILES string of the molecule is CC1=Nc2cc(C(F)(F)F)nn2C(c2ccc(Cl)c(Cl)c2)C1S(=O)(=O)N1CCCC1. The van der Waals surface area contributed by atoms with Gasteiger partial charge in [0.25, 0.3) is 0 Å². The highest BCUT2D eigenvalue weighted by molar-refractivity contribution is 7.90. The number of aromatic nitrogens is 2. The van der Waals surface area contributed by atoms with Crippen LogP contribution in [0.5, 0.6) is 0 Å². The van der Waals surface area contributed by atoms with Crippen molar-refractivity contribution in [2.45, 2.75) is 37.2 Å². The van der Waals surface area contributed by atoms with Gasteiger partial charge in [0.05, 0.1) is 10.0 Å². The second kappa shape index (κ2) is 7.51. The van der Waals surface area contributed by atoms with E-state index in [0.29, 0.717) is 18.7 Å². The van der Waals surface area contributed by atoms with Crippen LogP contribution in [0.4, 0.5) is 19.0 Å². The number of aliphatic imine (C=N–C) groups is 1. The molecule has 0 radical (unpaired) electrons. The largest absolute Gasteiger partial charge is 0.435 e. The smallest absolute Gasteiger partial charge is 0.238 e. The summed E-state index contributed by atoms with van der Waals surface area (Å²) in [6.07, 6.45) is -3.24. The summed E-state index contributed by atoms with van der Waals surface area (Å²) in [4.78, 5) is 4.17. The van der Waals surface area contributed by atoms with Gasteiger partial charge in [0.1, 0.15) is 11.3 Å². The Bertz CT molecular complexity index is 1120. The standard InChI is InChI=1S/C18H17Cl2F3N4O2S/c1-10-17(30(28,29)26-6-2-3-7-26)16(11-4-5-12(19)13(20)8-11)27-15(24-10)9-14(25-27)18(21,22)23/h4-5,8-9,16-17H,2-3,6-7H2,1H3. The molecule has 4 rings (SSSR count). The summed E-state index contributed by atoms with van der Waals surface area (Å²) in [5.41, 5.74) is -0.568. The van der Waals surface area contributed by atoms with Gasteiger partial charge in [0, 0.05) is 24.9 Å². The van der Waals surface area contributed by atoms with Gasteiger partial charge in [-0.1, -0.05) is 29.3 Å². The van der Waals surface area contributed by atoms with E-state index in [1.807, 2.05) is 0 Å². The predicted octanol–water partition coefficient (Wildman–Crippen LogP) is 4.70. The molecule has 1 aromatic carbocycles. The molecule has 2 atom stereocenters. The lowest BCUT2D eigenvalue weighted by molar-refractivity contribution is -0.141. The Morgan fingerprint density at radius 2 is 1.77 bits per heavy atom. The lowest BCUT2D eigenvalue weighted by atomic mass is 9.99. The summed E-state index contributed by atoms with van der Waals surface area (Å²) in [5.74, 6) is -0.0660. The first-order valence-corrected chi connectivity index (χ1v) is 11.4. The van der Waals surface area contributed by atoms with Crippen molar-refractivity contribution in [3.05, 3.63) is 45.6 Å². The highest BCUT2D eigenvalue weighted by atomic mass is 35.5.